The van der Waals surface area contributed by atoms with E-state index in [1.165, 1.54) is 6.08 Å². The summed E-state index contributed by atoms with van der Waals surface area (Å²) < 4.78 is 4.52. The first-order valence-corrected chi connectivity index (χ1v) is 3.80. The van der Waals surface area contributed by atoms with Gasteiger partial charge in [-0.3, -0.25) is 4.79 Å². The fourth-order valence-corrected chi connectivity index (χ4v) is 0.300. The Bertz CT molecular complexity index is 171. The van der Waals surface area contributed by atoms with Crippen molar-refractivity contribution in [2.75, 3.05) is 6.61 Å². The Balaban J connectivity index is 0. The molecular weight excluding hydrogens is 168 g/mol. The lowest BCUT2D eigenvalue weighted by Crippen LogP contribution is -1.99. The maximum atomic E-state index is 10.2. The van der Waals surface area contributed by atoms with Gasteiger partial charge in [0.15, 0.2) is 0 Å². The lowest BCUT2D eigenvalue weighted by Gasteiger charge is -1.94. The van der Waals surface area contributed by atoms with Gasteiger partial charge in [-0.15, -0.1) is 0 Å². The minimum absolute atomic E-state index is 0.380. The van der Waals surface area contributed by atoms with E-state index in [0.717, 1.165) is 6.08 Å². The molecule has 72 valence electrons. The summed E-state index contributed by atoms with van der Waals surface area (Å²) in [6.07, 6.45) is 6.28. The number of rotatable bonds is 4. The van der Waals surface area contributed by atoms with Gasteiger partial charge < -0.3 is 4.74 Å². The summed E-state index contributed by atoms with van der Waals surface area (Å²) in [6, 6.07) is 0. The minimum Gasteiger partial charge on any atom is -0.463 e. The van der Waals surface area contributed by atoms with Crippen molar-refractivity contribution in [3.05, 3.63) is 31.7 Å². The maximum Gasteiger partial charge on any atom is 0.330 e. The third kappa shape index (κ3) is 18.0. The summed E-state index contributed by atoms with van der Waals surface area (Å²) in [5.41, 5.74) is 0. The Morgan fingerprint density at radius 3 is 2.46 bits per heavy atom. The van der Waals surface area contributed by atoms with Crippen LogP contribution >= 0.6 is 0 Å². The van der Waals surface area contributed by atoms with E-state index in [1.54, 1.807) is 19.3 Å². The molecule has 0 saturated carbocycles. The Kier molecular flexibility index (Phi) is 14.4. The molecule has 0 fully saturated rings. The number of ether oxygens (including phenoxy) is 1. The molecule has 0 spiro atoms. The molecule has 0 aromatic rings. The Hall–Kier alpha value is -1.38. The Morgan fingerprint density at radius 2 is 2.23 bits per heavy atom. The number of carbonyl (C=O) groups excluding carboxylic acids is 2. The summed E-state index contributed by atoms with van der Waals surface area (Å²) in [4.78, 5) is 19.4. The highest BCUT2D eigenvalue weighted by atomic mass is 16.5. The van der Waals surface area contributed by atoms with Crippen molar-refractivity contribution in [2.24, 2.45) is 0 Å². The molecule has 0 unspecified atom stereocenters. The molecule has 3 nitrogen and oxygen atoms in total. The van der Waals surface area contributed by atoms with Crippen molar-refractivity contribution in [3.8, 4) is 0 Å². The Labute approximate surface area is 79.1 Å². The molecule has 2 radical (unpaired) electrons. The van der Waals surface area contributed by atoms with Crippen molar-refractivity contribution in [2.45, 2.75) is 13.3 Å². The number of hydrogen-bond donors (Lipinski definition) is 0. The third-order valence-electron chi connectivity index (χ3n) is 0.790. The predicted octanol–water partition coefficient (Wildman–Crippen LogP) is 1.61. The molecule has 0 amide bonds. The van der Waals surface area contributed by atoms with Crippen LogP contribution in [-0.4, -0.2) is 18.9 Å². The highest BCUT2D eigenvalue weighted by molar-refractivity contribution is 5.81. The fraction of sp³-hybridized carbons (Fsp3) is 0.300. The number of allylic oxidation sites excluding steroid dienone is 2. The van der Waals surface area contributed by atoms with Crippen LogP contribution in [0.4, 0.5) is 0 Å². The highest BCUT2D eigenvalue weighted by Crippen LogP contribution is 1.80. The summed E-state index contributed by atoms with van der Waals surface area (Å²) in [5, 5.41) is 0. The van der Waals surface area contributed by atoms with Crippen LogP contribution in [0.5, 0.6) is 0 Å². The van der Waals surface area contributed by atoms with Crippen molar-refractivity contribution >= 4 is 12.3 Å². The van der Waals surface area contributed by atoms with E-state index >= 15 is 0 Å². The van der Waals surface area contributed by atoms with E-state index in [2.05, 4.69) is 18.2 Å². The number of hydrogen-bond acceptors (Lipinski definition) is 3. The van der Waals surface area contributed by atoms with Gasteiger partial charge in [0.25, 0.3) is 0 Å². The molecule has 0 aliphatic heterocycles. The topological polar surface area (TPSA) is 43.4 Å². The van der Waals surface area contributed by atoms with E-state index in [0.29, 0.717) is 13.0 Å². The van der Waals surface area contributed by atoms with Crippen LogP contribution in [0.15, 0.2) is 24.8 Å². The quantitative estimate of drug-likeness (QED) is 0.490. The van der Waals surface area contributed by atoms with Crippen molar-refractivity contribution < 1.29 is 14.3 Å². The SMILES string of the molecule is CC=C[C]=O.[CH2]CCOC(=O)C=C. The normalized spacial score (nSPS) is 8.46. The molecule has 13 heavy (non-hydrogen) atoms. The van der Waals surface area contributed by atoms with Crippen LogP contribution in [-0.2, 0) is 14.3 Å². The number of carbonyl (C=O) groups is 1. The summed E-state index contributed by atoms with van der Waals surface area (Å²) in [6.45, 7) is 8.85. The lowest BCUT2D eigenvalue weighted by atomic mass is 10.5. The van der Waals surface area contributed by atoms with Crippen LogP contribution in [0.3, 0.4) is 0 Å². The average molecular weight is 182 g/mol. The van der Waals surface area contributed by atoms with Gasteiger partial charge in [-0.05, 0) is 26.3 Å². The van der Waals surface area contributed by atoms with E-state index in [1.807, 2.05) is 0 Å². The van der Waals surface area contributed by atoms with Gasteiger partial charge in [0.2, 0.25) is 6.29 Å². The molecule has 0 rings (SSSR count). The monoisotopic (exact) mass is 182 g/mol. The molecule has 0 aromatic carbocycles. The average Bonchev–Trinajstić information content (AvgIpc) is 2.16. The zero-order valence-corrected chi connectivity index (χ0v) is 7.79. The van der Waals surface area contributed by atoms with E-state index in [-0.39, 0.29) is 5.97 Å². The van der Waals surface area contributed by atoms with Crippen LogP contribution in [0, 0.1) is 6.92 Å². The largest absolute Gasteiger partial charge is 0.463 e. The van der Waals surface area contributed by atoms with E-state index in [9.17, 15) is 9.59 Å². The van der Waals surface area contributed by atoms with Gasteiger partial charge >= 0.3 is 5.97 Å². The van der Waals surface area contributed by atoms with Gasteiger partial charge in [-0.25, -0.2) is 4.79 Å². The van der Waals surface area contributed by atoms with Gasteiger partial charge in [0, 0.05) is 6.08 Å². The van der Waals surface area contributed by atoms with Gasteiger partial charge in [0.1, 0.15) is 0 Å². The van der Waals surface area contributed by atoms with Crippen molar-refractivity contribution in [1.29, 1.82) is 0 Å². The second kappa shape index (κ2) is 13.2. The third-order valence-corrected chi connectivity index (χ3v) is 0.790. The van der Waals surface area contributed by atoms with Crippen molar-refractivity contribution in [3.63, 3.8) is 0 Å². The summed E-state index contributed by atoms with van der Waals surface area (Å²) in [7, 11) is 0. The first-order chi connectivity index (χ1) is 6.22. The van der Waals surface area contributed by atoms with Crippen molar-refractivity contribution in [1.82, 2.24) is 0 Å². The first-order valence-electron chi connectivity index (χ1n) is 3.80. The second-order valence-electron chi connectivity index (χ2n) is 1.84. The second-order valence-corrected chi connectivity index (χ2v) is 1.84. The summed E-state index contributed by atoms with van der Waals surface area (Å²) >= 11 is 0. The molecule has 3 heteroatoms. The lowest BCUT2D eigenvalue weighted by molar-refractivity contribution is -0.137. The molecule has 0 saturated heterocycles. The van der Waals surface area contributed by atoms with Gasteiger partial charge in [-0.1, -0.05) is 12.7 Å². The van der Waals surface area contributed by atoms with Crippen LogP contribution in [0.2, 0.25) is 0 Å². The molecule has 0 N–H and O–H groups in total. The standard InChI is InChI=1S/C6H9O2.C4H5O/c1-3-5-8-6(7)4-2;1-2-3-4-5/h4H,1-3,5H2;2-3H,1H3. The van der Waals surface area contributed by atoms with Crippen LogP contribution in [0.1, 0.15) is 13.3 Å². The predicted molar refractivity (Wildman–Crippen MR) is 51.6 cm³/mol. The van der Waals surface area contributed by atoms with Crippen LogP contribution < -0.4 is 0 Å². The maximum absolute atomic E-state index is 10.2. The summed E-state index contributed by atoms with van der Waals surface area (Å²) in [5.74, 6) is -0.381. The molecular formula is C10H14O3. The minimum atomic E-state index is -0.381. The fourth-order valence-electron chi connectivity index (χ4n) is 0.300. The molecule has 0 heterocycles. The van der Waals surface area contributed by atoms with Crippen LogP contribution in [0.25, 0.3) is 0 Å². The Morgan fingerprint density at radius 1 is 1.62 bits per heavy atom. The zero-order valence-electron chi connectivity index (χ0n) is 7.79. The number of esters is 1. The highest BCUT2D eigenvalue weighted by Gasteiger charge is 1.89. The van der Waals surface area contributed by atoms with E-state index in [4.69, 9.17) is 0 Å². The smallest absolute Gasteiger partial charge is 0.330 e. The van der Waals surface area contributed by atoms with E-state index < -0.39 is 0 Å². The molecule has 0 bridgehead atoms. The molecule has 0 atom stereocenters. The molecule has 0 aliphatic rings. The van der Waals surface area contributed by atoms with Gasteiger partial charge in [0.05, 0.1) is 6.61 Å². The zero-order chi connectivity index (χ0) is 10.5. The molecule has 0 aromatic heterocycles. The molecule has 0 aliphatic carbocycles. The first kappa shape index (κ1) is 14.2. The van der Waals surface area contributed by atoms with Gasteiger partial charge in [-0.2, -0.15) is 0 Å².